The van der Waals surface area contributed by atoms with E-state index in [-0.39, 0.29) is 0 Å². The highest BCUT2D eigenvalue weighted by Crippen LogP contribution is 2.22. The number of rotatable bonds is 5. The van der Waals surface area contributed by atoms with Crippen molar-refractivity contribution in [1.82, 2.24) is 25.1 Å². The average Bonchev–Trinajstić information content (AvgIpc) is 2.98. The van der Waals surface area contributed by atoms with Gasteiger partial charge in [0.05, 0.1) is 6.54 Å². The summed E-state index contributed by atoms with van der Waals surface area (Å²) in [4.78, 5) is 11.2. The van der Waals surface area contributed by atoms with E-state index in [2.05, 4.69) is 38.1 Å². The molecule has 21 heavy (non-hydrogen) atoms. The lowest BCUT2D eigenvalue weighted by Gasteiger charge is -2.31. The normalized spacial score (nSPS) is 17.2. The third-order valence-corrected chi connectivity index (χ3v) is 4.22. The van der Waals surface area contributed by atoms with E-state index in [1.807, 2.05) is 18.5 Å². The molecule has 0 saturated carbocycles. The lowest BCUT2D eigenvalue weighted by atomic mass is 9.91. The zero-order valence-corrected chi connectivity index (χ0v) is 12.6. The number of nitrogens with one attached hydrogen (secondary N) is 1. The Morgan fingerprint density at radius 3 is 2.86 bits per heavy atom. The van der Waals surface area contributed by atoms with Crippen LogP contribution in [0.15, 0.2) is 24.5 Å². The molecule has 1 fully saturated rings. The van der Waals surface area contributed by atoms with Gasteiger partial charge in [-0.3, -0.25) is 15.0 Å². The second-order valence-electron chi connectivity index (χ2n) is 5.84. The first-order valence-corrected chi connectivity index (χ1v) is 7.85. The van der Waals surface area contributed by atoms with Gasteiger partial charge in [-0.1, -0.05) is 13.0 Å². The number of hydrogen-bond donors (Lipinski definition) is 1. The number of pyridine rings is 1. The number of nitrogens with zero attached hydrogens (tertiary/aromatic N) is 4. The predicted octanol–water partition coefficient (Wildman–Crippen LogP) is 2.22. The maximum absolute atomic E-state index is 4.49. The van der Waals surface area contributed by atoms with Crippen LogP contribution in [0.4, 0.5) is 0 Å². The summed E-state index contributed by atoms with van der Waals surface area (Å²) in [5, 5.41) is 7.25. The third kappa shape index (κ3) is 3.88. The van der Waals surface area contributed by atoms with Crippen LogP contribution in [0.25, 0.3) is 0 Å². The molecule has 0 bridgehead atoms. The van der Waals surface area contributed by atoms with E-state index in [1.165, 1.54) is 18.4 Å². The van der Waals surface area contributed by atoms with Gasteiger partial charge in [0, 0.05) is 18.8 Å². The summed E-state index contributed by atoms with van der Waals surface area (Å²) in [6, 6.07) is 4.21. The van der Waals surface area contributed by atoms with Crippen molar-refractivity contribution >= 4 is 0 Å². The first-order valence-electron chi connectivity index (χ1n) is 7.85. The average molecular weight is 285 g/mol. The summed E-state index contributed by atoms with van der Waals surface area (Å²) >= 11 is 0. The van der Waals surface area contributed by atoms with Gasteiger partial charge in [0.15, 0.2) is 0 Å². The minimum atomic E-state index is 0.784. The number of aryl methyl sites for hydroxylation is 1. The van der Waals surface area contributed by atoms with Gasteiger partial charge in [-0.05, 0) is 49.9 Å². The SMILES string of the molecule is CCc1n[nH]c(CN2CCC(Cc3cccnc3)CC2)n1. The Kier molecular flexibility index (Phi) is 4.60. The summed E-state index contributed by atoms with van der Waals surface area (Å²) in [6.07, 6.45) is 8.39. The predicted molar refractivity (Wildman–Crippen MR) is 81.7 cm³/mol. The lowest BCUT2D eigenvalue weighted by Crippen LogP contribution is -2.34. The van der Waals surface area contributed by atoms with Crippen molar-refractivity contribution in [3.8, 4) is 0 Å². The molecule has 0 aromatic carbocycles. The van der Waals surface area contributed by atoms with E-state index in [0.717, 1.165) is 50.0 Å². The van der Waals surface area contributed by atoms with Crippen molar-refractivity contribution in [3.63, 3.8) is 0 Å². The van der Waals surface area contributed by atoms with Crippen LogP contribution < -0.4 is 0 Å². The van der Waals surface area contributed by atoms with E-state index >= 15 is 0 Å². The molecule has 0 amide bonds. The van der Waals surface area contributed by atoms with E-state index in [0.29, 0.717) is 0 Å². The van der Waals surface area contributed by atoms with E-state index in [4.69, 9.17) is 0 Å². The molecule has 0 aliphatic carbocycles. The zero-order valence-electron chi connectivity index (χ0n) is 12.6. The minimum absolute atomic E-state index is 0.784. The highest BCUT2D eigenvalue weighted by atomic mass is 15.2. The smallest absolute Gasteiger partial charge is 0.150 e. The second-order valence-corrected chi connectivity index (χ2v) is 5.84. The maximum Gasteiger partial charge on any atom is 0.150 e. The maximum atomic E-state index is 4.49. The highest BCUT2D eigenvalue weighted by molar-refractivity contribution is 5.09. The van der Waals surface area contributed by atoms with Crippen LogP contribution in [-0.4, -0.2) is 38.2 Å². The molecule has 0 unspecified atom stereocenters. The largest absolute Gasteiger partial charge is 0.296 e. The van der Waals surface area contributed by atoms with Crippen LogP contribution in [0.1, 0.15) is 37.0 Å². The van der Waals surface area contributed by atoms with Crippen molar-refractivity contribution in [2.45, 2.75) is 39.2 Å². The molecule has 0 atom stereocenters. The van der Waals surface area contributed by atoms with Crippen molar-refractivity contribution in [3.05, 3.63) is 41.7 Å². The topological polar surface area (TPSA) is 57.7 Å². The summed E-state index contributed by atoms with van der Waals surface area (Å²) in [5.74, 6) is 2.69. The van der Waals surface area contributed by atoms with Gasteiger partial charge in [0.1, 0.15) is 11.6 Å². The number of aromatic amines is 1. The Hall–Kier alpha value is -1.75. The fourth-order valence-electron chi connectivity index (χ4n) is 2.98. The number of H-pyrrole nitrogens is 1. The highest BCUT2D eigenvalue weighted by Gasteiger charge is 2.20. The molecule has 2 aromatic heterocycles. The van der Waals surface area contributed by atoms with Gasteiger partial charge in [0.2, 0.25) is 0 Å². The molecule has 5 heteroatoms. The monoisotopic (exact) mass is 285 g/mol. The first kappa shape index (κ1) is 14.2. The summed E-state index contributed by atoms with van der Waals surface area (Å²) in [7, 11) is 0. The van der Waals surface area contributed by atoms with Gasteiger partial charge in [-0.25, -0.2) is 4.98 Å². The molecule has 3 rings (SSSR count). The summed E-state index contributed by atoms with van der Waals surface area (Å²) < 4.78 is 0. The fraction of sp³-hybridized carbons (Fsp3) is 0.562. The number of likely N-dealkylation sites (tertiary alicyclic amines) is 1. The van der Waals surface area contributed by atoms with Gasteiger partial charge in [-0.2, -0.15) is 5.10 Å². The van der Waals surface area contributed by atoms with Crippen LogP contribution in [0, 0.1) is 5.92 Å². The summed E-state index contributed by atoms with van der Waals surface area (Å²) in [5.41, 5.74) is 1.36. The molecule has 2 aromatic rings. The third-order valence-electron chi connectivity index (χ3n) is 4.22. The Balaban J connectivity index is 1.46. The first-order chi connectivity index (χ1) is 10.3. The number of aromatic nitrogens is 4. The molecule has 1 aliphatic heterocycles. The number of hydrogen-bond acceptors (Lipinski definition) is 4. The van der Waals surface area contributed by atoms with Crippen LogP contribution >= 0.6 is 0 Å². The van der Waals surface area contributed by atoms with Crippen LogP contribution in [0.2, 0.25) is 0 Å². The molecule has 0 spiro atoms. The molecule has 0 radical (unpaired) electrons. The lowest BCUT2D eigenvalue weighted by molar-refractivity contribution is 0.173. The molecule has 1 saturated heterocycles. The van der Waals surface area contributed by atoms with E-state index < -0.39 is 0 Å². The van der Waals surface area contributed by atoms with E-state index in [9.17, 15) is 0 Å². The van der Waals surface area contributed by atoms with Crippen LogP contribution in [-0.2, 0) is 19.4 Å². The molecule has 3 heterocycles. The van der Waals surface area contributed by atoms with Crippen LogP contribution in [0.3, 0.4) is 0 Å². The molecule has 112 valence electrons. The van der Waals surface area contributed by atoms with Crippen molar-refractivity contribution in [1.29, 1.82) is 0 Å². The molecule has 1 aliphatic rings. The van der Waals surface area contributed by atoms with Gasteiger partial charge in [-0.15, -0.1) is 0 Å². The Morgan fingerprint density at radius 2 is 2.19 bits per heavy atom. The zero-order chi connectivity index (χ0) is 14.5. The van der Waals surface area contributed by atoms with Crippen molar-refractivity contribution in [2.24, 2.45) is 5.92 Å². The quantitative estimate of drug-likeness (QED) is 0.915. The standard InChI is InChI=1S/C16H23N5/c1-2-15-18-16(20-19-15)12-21-8-5-13(6-9-21)10-14-4-3-7-17-11-14/h3-4,7,11,13H,2,5-6,8-10,12H2,1H3,(H,18,19,20). The molecule has 5 nitrogen and oxygen atoms in total. The van der Waals surface area contributed by atoms with Crippen molar-refractivity contribution < 1.29 is 0 Å². The number of piperidine rings is 1. The molecule has 1 N–H and O–H groups in total. The summed E-state index contributed by atoms with van der Waals surface area (Å²) in [6.45, 7) is 5.27. The van der Waals surface area contributed by atoms with Gasteiger partial charge < -0.3 is 0 Å². The fourth-order valence-corrected chi connectivity index (χ4v) is 2.98. The van der Waals surface area contributed by atoms with Crippen LogP contribution in [0.5, 0.6) is 0 Å². The Morgan fingerprint density at radius 1 is 1.33 bits per heavy atom. The second kappa shape index (κ2) is 6.80. The molecular weight excluding hydrogens is 262 g/mol. The van der Waals surface area contributed by atoms with Gasteiger partial charge >= 0.3 is 0 Å². The van der Waals surface area contributed by atoms with E-state index in [1.54, 1.807) is 0 Å². The molecular formula is C16H23N5. The Bertz CT molecular complexity index is 543. The Labute approximate surface area is 125 Å². The minimum Gasteiger partial charge on any atom is -0.296 e. The van der Waals surface area contributed by atoms with Crippen molar-refractivity contribution in [2.75, 3.05) is 13.1 Å². The van der Waals surface area contributed by atoms with Gasteiger partial charge in [0.25, 0.3) is 0 Å².